The second kappa shape index (κ2) is 5.40. The summed E-state index contributed by atoms with van der Waals surface area (Å²) in [5.41, 5.74) is 3.08. The average Bonchev–Trinajstić information content (AvgIpc) is 2.47. The van der Waals surface area contributed by atoms with Gasteiger partial charge in [-0.2, -0.15) is 0 Å². The standard InChI is InChI=1S/C17H15FN2O/c1-12-10-13(7-8-19-12)17-16(21)6-3-9-20(17)15-5-2-4-14(18)11-15/h2-8,10-11,21H,9H2,1H3. The summed E-state index contributed by atoms with van der Waals surface area (Å²) in [6, 6.07) is 10.1. The Bertz CT molecular complexity index is 737. The van der Waals surface area contributed by atoms with E-state index in [2.05, 4.69) is 4.98 Å². The maximum atomic E-state index is 13.5. The van der Waals surface area contributed by atoms with Crippen LogP contribution < -0.4 is 4.90 Å². The van der Waals surface area contributed by atoms with Gasteiger partial charge in [-0.1, -0.05) is 12.1 Å². The van der Waals surface area contributed by atoms with Crippen molar-refractivity contribution in [3.63, 3.8) is 0 Å². The van der Waals surface area contributed by atoms with Crippen molar-refractivity contribution in [2.45, 2.75) is 6.92 Å². The van der Waals surface area contributed by atoms with Crippen molar-refractivity contribution in [3.05, 3.63) is 77.6 Å². The lowest BCUT2D eigenvalue weighted by Gasteiger charge is -2.29. The zero-order valence-corrected chi connectivity index (χ0v) is 11.6. The van der Waals surface area contributed by atoms with Crippen LogP contribution in [0, 0.1) is 12.7 Å². The number of allylic oxidation sites excluding steroid dienone is 1. The van der Waals surface area contributed by atoms with E-state index in [1.807, 2.05) is 36.1 Å². The zero-order chi connectivity index (χ0) is 14.8. The molecule has 1 aromatic carbocycles. The summed E-state index contributed by atoms with van der Waals surface area (Å²) < 4.78 is 13.5. The van der Waals surface area contributed by atoms with E-state index in [-0.39, 0.29) is 11.6 Å². The van der Waals surface area contributed by atoms with E-state index < -0.39 is 0 Å². The third-order valence-electron chi connectivity index (χ3n) is 3.37. The van der Waals surface area contributed by atoms with Crippen LogP contribution in [-0.2, 0) is 0 Å². The Hall–Kier alpha value is -2.62. The number of halogens is 1. The molecule has 0 fully saturated rings. The molecule has 2 heterocycles. The molecule has 1 N–H and O–H groups in total. The van der Waals surface area contributed by atoms with Gasteiger partial charge in [-0.3, -0.25) is 4.98 Å². The Labute approximate surface area is 122 Å². The second-order valence-corrected chi connectivity index (χ2v) is 4.91. The lowest BCUT2D eigenvalue weighted by molar-refractivity contribution is 0.431. The van der Waals surface area contributed by atoms with E-state index in [0.717, 1.165) is 11.3 Å². The summed E-state index contributed by atoms with van der Waals surface area (Å²) in [4.78, 5) is 6.05. The van der Waals surface area contributed by atoms with Gasteiger partial charge in [-0.05, 0) is 43.3 Å². The number of hydrogen-bond acceptors (Lipinski definition) is 3. The monoisotopic (exact) mass is 282 g/mol. The van der Waals surface area contributed by atoms with Gasteiger partial charge in [0.15, 0.2) is 0 Å². The van der Waals surface area contributed by atoms with Crippen molar-refractivity contribution in [2.24, 2.45) is 0 Å². The van der Waals surface area contributed by atoms with Crippen LogP contribution in [0.3, 0.4) is 0 Å². The molecule has 3 nitrogen and oxygen atoms in total. The Morgan fingerprint density at radius 2 is 2.10 bits per heavy atom. The smallest absolute Gasteiger partial charge is 0.139 e. The summed E-state index contributed by atoms with van der Waals surface area (Å²) in [6.45, 7) is 2.47. The van der Waals surface area contributed by atoms with Gasteiger partial charge in [0.25, 0.3) is 0 Å². The largest absolute Gasteiger partial charge is 0.506 e. The number of benzene rings is 1. The van der Waals surface area contributed by atoms with Crippen molar-refractivity contribution < 1.29 is 9.50 Å². The number of aryl methyl sites for hydroxylation is 1. The van der Waals surface area contributed by atoms with Crippen LogP contribution in [0.4, 0.5) is 10.1 Å². The van der Waals surface area contributed by atoms with Crippen molar-refractivity contribution in [3.8, 4) is 0 Å². The maximum absolute atomic E-state index is 13.5. The number of hydrogen-bond donors (Lipinski definition) is 1. The van der Waals surface area contributed by atoms with E-state index in [1.54, 1.807) is 18.3 Å². The molecular formula is C17H15FN2O. The van der Waals surface area contributed by atoms with Gasteiger partial charge in [0.2, 0.25) is 0 Å². The van der Waals surface area contributed by atoms with E-state index in [4.69, 9.17) is 0 Å². The minimum absolute atomic E-state index is 0.163. The number of pyridine rings is 1. The lowest BCUT2D eigenvalue weighted by atomic mass is 10.1. The highest BCUT2D eigenvalue weighted by atomic mass is 19.1. The number of rotatable bonds is 2. The van der Waals surface area contributed by atoms with Gasteiger partial charge in [-0.15, -0.1) is 0 Å². The SMILES string of the molecule is Cc1cc(C2=C(O)C=CCN2c2cccc(F)c2)ccn1. The fourth-order valence-corrected chi connectivity index (χ4v) is 2.45. The predicted molar refractivity (Wildman–Crippen MR) is 81.4 cm³/mol. The first-order valence-electron chi connectivity index (χ1n) is 6.71. The Kier molecular flexibility index (Phi) is 3.44. The van der Waals surface area contributed by atoms with Gasteiger partial charge in [-0.25, -0.2) is 4.39 Å². The van der Waals surface area contributed by atoms with E-state index in [1.165, 1.54) is 12.1 Å². The van der Waals surface area contributed by atoms with Crippen LogP contribution in [0.25, 0.3) is 5.70 Å². The molecule has 4 heteroatoms. The topological polar surface area (TPSA) is 36.4 Å². The Balaban J connectivity index is 2.11. The molecule has 0 spiro atoms. The quantitative estimate of drug-likeness (QED) is 0.909. The van der Waals surface area contributed by atoms with E-state index in [9.17, 15) is 9.50 Å². The first-order chi connectivity index (χ1) is 10.1. The third-order valence-corrected chi connectivity index (χ3v) is 3.37. The van der Waals surface area contributed by atoms with Crippen molar-refractivity contribution >= 4 is 11.4 Å². The molecule has 0 unspecified atom stereocenters. The first kappa shape index (κ1) is 13.4. The fraction of sp³-hybridized carbons (Fsp3) is 0.118. The summed E-state index contributed by atoms with van der Waals surface area (Å²) in [5.74, 6) is -0.136. The molecule has 0 amide bonds. The molecule has 1 aliphatic heterocycles. The van der Waals surface area contributed by atoms with Crippen molar-refractivity contribution in [1.29, 1.82) is 0 Å². The lowest BCUT2D eigenvalue weighted by Crippen LogP contribution is -2.25. The molecule has 0 atom stereocenters. The zero-order valence-electron chi connectivity index (χ0n) is 11.6. The maximum Gasteiger partial charge on any atom is 0.139 e. The van der Waals surface area contributed by atoms with Crippen molar-refractivity contribution in [2.75, 3.05) is 11.4 Å². The van der Waals surface area contributed by atoms with Gasteiger partial charge in [0.1, 0.15) is 11.6 Å². The van der Waals surface area contributed by atoms with Gasteiger partial charge in [0.05, 0.1) is 5.70 Å². The van der Waals surface area contributed by atoms with Crippen LogP contribution in [0.2, 0.25) is 0 Å². The molecule has 1 aromatic heterocycles. The molecular weight excluding hydrogens is 267 g/mol. The van der Waals surface area contributed by atoms with Crippen LogP contribution in [0.15, 0.2) is 60.5 Å². The molecule has 0 aliphatic carbocycles. The number of aliphatic hydroxyl groups is 1. The third kappa shape index (κ3) is 2.65. The van der Waals surface area contributed by atoms with Gasteiger partial charge >= 0.3 is 0 Å². The Morgan fingerprint density at radius 1 is 1.24 bits per heavy atom. The normalized spacial score (nSPS) is 14.7. The molecule has 21 heavy (non-hydrogen) atoms. The summed E-state index contributed by atoms with van der Waals surface area (Å²) in [5, 5.41) is 10.3. The van der Waals surface area contributed by atoms with E-state index in [0.29, 0.717) is 17.9 Å². The molecule has 3 rings (SSSR count). The number of anilines is 1. The predicted octanol–water partition coefficient (Wildman–Crippen LogP) is 3.83. The number of nitrogens with zero attached hydrogens (tertiary/aromatic N) is 2. The Morgan fingerprint density at radius 3 is 2.86 bits per heavy atom. The van der Waals surface area contributed by atoms with Crippen molar-refractivity contribution in [1.82, 2.24) is 4.98 Å². The van der Waals surface area contributed by atoms with Crippen LogP contribution in [0.1, 0.15) is 11.3 Å². The van der Waals surface area contributed by atoms with Crippen LogP contribution in [-0.4, -0.2) is 16.6 Å². The summed E-state index contributed by atoms with van der Waals surface area (Å²) in [6.07, 6.45) is 5.21. The summed E-state index contributed by atoms with van der Waals surface area (Å²) >= 11 is 0. The average molecular weight is 282 g/mol. The molecule has 1 aliphatic rings. The molecule has 0 saturated heterocycles. The minimum Gasteiger partial charge on any atom is -0.506 e. The molecule has 0 saturated carbocycles. The van der Waals surface area contributed by atoms with E-state index >= 15 is 0 Å². The van der Waals surface area contributed by atoms with Crippen LogP contribution in [0.5, 0.6) is 0 Å². The fourth-order valence-electron chi connectivity index (χ4n) is 2.45. The minimum atomic E-state index is -0.299. The van der Waals surface area contributed by atoms with Crippen LogP contribution >= 0.6 is 0 Å². The molecule has 0 bridgehead atoms. The van der Waals surface area contributed by atoms with Gasteiger partial charge < -0.3 is 10.0 Å². The highest BCUT2D eigenvalue weighted by molar-refractivity contribution is 5.83. The highest BCUT2D eigenvalue weighted by Crippen LogP contribution is 2.31. The second-order valence-electron chi connectivity index (χ2n) is 4.91. The summed E-state index contributed by atoms with van der Waals surface area (Å²) in [7, 11) is 0. The van der Waals surface area contributed by atoms with Gasteiger partial charge in [0, 0.05) is 29.7 Å². The number of aromatic nitrogens is 1. The first-order valence-corrected chi connectivity index (χ1v) is 6.71. The highest BCUT2D eigenvalue weighted by Gasteiger charge is 2.20. The molecule has 2 aromatic rings. The molecule has 0 radical (unpaired) electrons. The molecule has 106 valence electrons. The number of aliphatic hydroxyl groups excluding tert-OH is 1.